The maximum absolute atomic E-state index is 6.00. The van der Waals surface area contributed by atoms with Gasteiger partial charge in [-0.3, -0.25) is 9.97 Å². The molecule has 3 heteroatoms. The van der Waals surface area contributed by atoms with E-state index in [4.69, 9.17) is 4.74 Å². The lowest BCUT2D eigenvalue weighted by atomic mass is 9.99. The summed E-state index contributed by atoms with van der Waals surface area (Å²) in [5.41, 5.74) is 6.98. The minimum Gasteiger partial charge on any atom is -0.368 e. The molecule has 0 bridgehead atoms. The molecule has 0 radical (unpaired) electrons. The van der Waals surface area contributed by atoms with Crippen molar-refractivity contribution >= 4 is 21.8 Å². The SMILES string of the molecule is Cc1ccc2c(c1)ncc1ncc(CC3OCc4ccccc43)cc12. The van der Waals surface area contributed by atoms with Crippen LogP contribution in [0.15, 0.2) is 60.9 Å². The Hall–Kier alpha value is -2.78. The zero-order valence-electron chi connectivity index (χ0n) is 14.1. The molecule has 0 fully saturated rings. The van der Waals surface area contributed by atoms with Crippen molar-refractivity contribution in [1.82, 2.24) is 9.97 Å². The van der Waals surface area contributed by atoms with E-state index in [0.29, 0.717) is 6.61 Å². The highest BCUT2D eigenvalue weighted by Crippen LogP contribution is 2.33. The van der Waals surface area contributed by atoms with Crippen LogP contribution in [0.3, 0.4) is 0 Å². The van der Waals surface area contributed by atoms with Gasteiger partial charge in [-0.15, -0.1) is 0 Å². The topological polar surface area (TPSA) is 35.0 Å². The van der Waals surface area contributed by atoms with Crippen molar-refractivity contribution in [3.63, 3.8) is 0 Å². The average molecular weight is 326 g/mol. The van der Waals surface area contributed by atoms with Gasteiger partial charge in [-0.1, -0.05) is 36.4 Å². The van der Waals surface area contributed by atoms with E-state index in [2.05, 4.69) is 65.4 Å². The van der Waals surface area contributed by atoms with Crippen molar-refractivity contribution < 1.29 is 4.74 Å². The molecule has 1 aliphatic rings. The van der Waals surface area contributed by atoms with Gasteiger partial charge in [-0.25, -0.2) is 0 Å². The number of aryl methyl sites for hydroxylation is 1. The fourth-order valence-electron chi connectivity index (χ4n) is 3.70. The predicted octanol–water partition coefficient (Wildman–Crippen LogP) is 4.91. The van der Waals surface area contributed by atoms with Crippen molar-refractivity contribution in [2.75, 3.05) is 0 Å². The molecule has 5 rings (SSSR count). The fraction of sp³-hybridized carbons (Fsp3) is 0.182. The fourth-order valence-corrected chi connectivity index (χ4v) is 3.70. The first-order chi connectivity index (χ1) is 12.3. The number of pyridine rings is 2. The van der Waals surface area contributed by atoms with Gasteiger partial charge in [0.05, 0.1) is 29.9 Å². The molecule has 0 amide bonds. The van der Waals surface area contributed by atoms with Gasteiger partial charge in [0.2, 0.25) is 0 Å². The molecule has 3 nitrogen and oxygen atoms in total. The van der Waals surface area contributed by atoms with E-state index in [1.165, 1.54) is 22.3 Å². The van der Waals surface area contributed by atoms with E-state index >= 15 is 0 Å². The molecule has 0 saturated heterocycles. The first-order valence-corrected chi connectivity index (χ1v) is 8.61. The lowest BCUT2D eigenvalue weighted by Crippen LogP contribution is -2.01. The predicted molar refractivity (Wildman–Crippen MR) is 99.5 cm³/mol. The number of rotatable bonds is 2. The standard InChI is InChI=1S/C22H18N2O/c1-14-6-7-18-19-9-15(11-23-21(19)12-24-20(18)8-14)10-22-17-5-3-2-4-16(17)13-25-22/h2-9,11-12,22H,10,13H2,1H3. The first-order valence-electron chi connectivity index (χ1n) is 8.61. The van der Waals surface area contributed by atoms with Crippen LogP contribution in [0.5, 0.6) is 0 Å². The Morgan fingerprint density at radius 1 is 0.960 bits per heavy atom. The van der Waals surface area contributed by atoms with E-state index in [1.807, 2.05) is 12.4 Å². The van der Waals surface area contributed by atoms with Crippen LogP contribution < -0.4 is 0 Å². The second-order valence-corrected chi connectivity index (χ2v) is 6.76. The van der Waals surface area contributed by atoms with E-state index in [-0.39, 0.29) is 6.10 Å². The molecule has 1 atom stereocenters. The Kier molecular flexibility index (Phi) is 3.28. The van der Waals surface area contributed by atoms with Gasteiger partial charge in [0.25, 0.3) is 0 Å². The van der Waals surface area contributed by atoms with Gasteiger partial charge in [0.15, 0.2) is 0 Å². The average Bonchev–Trinajstić information content (AvgIpc) is 3.04. The molecule has 2 aromatic heterocycles. The quantitative estimate of drug-likeness (QED) is 0.491. The summed E-state index contributed by atoms with van der Waals surface area (Å²) in [4.78, 5) is 9.18. The van der Waals surface area contributed by atoms with Crippen molar-refractivity contribution in [2.45, 2.75) is 26.1 Å². The van der Waals surface area contributed by atoms with Crippen molar-refractivity contribution in [3.05, 3.63) is 83.2 Å². The van der Waals surface area contributed by atoms with Crippen LogP contribution in [-0.2, 0) is 17.8 Å². The van der Waals surface area contributed by atoms with Crippen LogP contribution in [0, 0.1) is 6.92 Å². The first kappa shape index (κ1) is 14.6. The molecule has 0 N–H and O–H groups in total. The molecule has 4 aromatic rings. The third-order valence-electron chi connectivity index (χ3n) is 5.01. The van der Waals surface area contributed by atoms with E-state index in [1.54, 1.807) is 0 Å². The third kappa shape index (κ3) is 2.48. The molecule has 122 valence electrons. The molecular formula is C22H18N2O. The van der Waals surface area contributed by atoms with Crippen molar-refractivity contribution in [2.24, 2.45) is 0 Å². The Bertz CT molecular complexity index is 1100. The number of nitrogens with zero attached hydrogens (tertiary/aromatic N) is 2. The number of hydrogen-bond donors (Lipinski definition) is 0. The minimum atomic E-state index is 0.116. The van der Waals surface area contributed by atoms with E-state index in [0.717, 1.165) is 28.2 Å². The highest BCUT2D eigenvalue weighted by atomic mass is 16.5. The molecule has 0 spiro atoms. The molecular weight excluding hydrogens is 308 g/mol. The highest BCUT2D eigenvalue weighted by Gasteiger charge is 2.23. The van der Waals surface area contributed by atoms with Crippen molar-refractivity contribution in [1.29, 1.82) is 0 Å². The Labute approximate surface area is 146 Å². The maximum Gasteiger partial charge on any atom is 0.0891 e. The van der Waals surface area contributed by atoms with Crippen LogP contribution in [0.2, 0.25) is 0 Å². The summed E-state index contributed by atoms with van der Waals surface area (Å²) in [5, 5.41) is 2.32. The smallest absolute Gasteiger partial charge is 0.0891 e. The lowest BCUT2D eigenvalue weighted by Gasteiger charge is -2.12. The zero-order chi connectivity index (χ0) is 16.8. The van der Waals surface area contributed by atoms with E-state index < -0.39 is 0 Å². The summed E-state index contributed by atoms with van der Waals surface area (Å²) in [6, 6.07) is 17.1. The van der Waals surface area contributed by atoms with Gasteiger partial charge in [-0.2, -0.15) is 0 Å². The summed E-state index contributed by atoms with van der Waals surface area (Å²) in [5.74, 6) is 0. The van der Waals surface area contributed by atoms with Crippen LogP contribution in [-0.4, -0.2) is 9.97 Å². The summed E-state index contributed by atoms with van der Waals surface area (Å²) in [7, 11) is 0. The molecule has 25 heavy (non-hydrogen) atoms. The summed E-state index contributed by atoms with van der Waals surface area (Å²) >= 11 is 0. The van der Waals surface area contributed by atoms with Crippen molar-refractivity contribution in [3.8, 4) is 0 Å². The lowest BCUT2D eigenvalue weighted by molar-refractivity contribution is 0.0665. The van der Waals surface area contributed by atoms with Gasteiger partial charge in [-0.05, 0) is 41.3 Å². The summed E-state index contributed by atoms with van der Waals surface area (Å²) in [6.07, 6.45) is 4.78. The van der Waals surface area contributed by atoms with Crippen LogP contribution in [0.1, 0.15) is 28.4 Å². The van der Waals surface area contributed by atoms with Gasteiger partial charge < -0.3 is 4.74 Å². The summed E-state index contributed by atoms with van der Waals surface area (Å²) in [6.45, 7) is 2.79. The third-order valence-corrected chi connectivity index (χ3v) is 5.01. The zero-order valence-corrected chi connectivity index (χ0v) is 14.1. The second-order valence-electron chi connectivity index (χ2n) is 6.76. The van der Waals surface area contributed by atoms with E-state index in [9.17, 15) is 0 Å². The highest BCUT2D eigenvalue weighted by molar-refractivity contribution is 6.04. The molecule has 1 unspecified atom stereocenters. The largest absolute Gasteiger partial charge is 0.368 e. The molecule has 0 saturated carbocycles. The normalized spacial score (nSPS) is 16.4. The number of fused-ring (bicyclic) bond motifs is 4. The van der Waals surface area contributed by atoms with Gasteiger partial charge in [0.1, 0.15) is 0 Å². The monoisotopic (exact) mass is 326 g/mol. The number of hydrogen-bond acceptors (Lipinski definition) is 3. The Morgan fingerprint density at radius 3 is 2.80 bits per heavy atom. The number of benzene rings is 2. The van der Waals surface area contributed by atoms with Crippen LogP contribution in [0.25, 0.3) is 21.8 Å². The molecule has 1 aliphatic heterocycles. The van der Waals surface area contributed by atoms with Crippen LogP contribution in [0.4, 0.5) is 0 Å². The molecule has 2 aromatic carbocycles. The minimum absolute atomic E-state index is 0.116. The molecule has 3 heterocycles. The number of ether oxygens (including phenoxy) is 1. The van der Waals surface area contributed by atoms with Crippen LogP contribution >= 0.6 is 0 Å². The molecule has 0 aliphatic carbocycles. The van der Waals surface area contributed by atoms with Gasteiger partial charge >= 0.3 is 0 Å². The number of aromatic nitrogens is 2. The Morgan fingerprint density at radius 2 is 1.84 bits per heavy atom. The summed E-state index contributed by atoms with van der Waals surface area (Å²) < 4.78 is 6.00. The second kappa shape index (κ2) is 5.64. The maximum atomic E-state index is 6.00. The Balaban J connectivity index is 1.57. The van der Waals surface area contributed by atoms with Gasteiger partial charge in [0, 0.05) is 23.4 Å².